The number of ketones is 1. The predicted molar refractivity (Wildman–Crippen MR) is 64.3 cm³/mol. The van der Waals surface area contributed by atoms with Gasteiger partial charge in [0, 0.05) is 10.5 Å². The zero-order valence-corrected chi connectivity index (χ0v) is 11.5. The molecule has 0 spiro atoms. The number of rotatable bonds is 5. The quantitative estimate of drug-likeness (QED) is 0.441. The van der Waals surface area contributed by atoms with E-state index < -0.39 is 40.8 Å². The molecule has 20 heavy (non-hydrogen) atoms. The highest BCUT2D eigenvalue weighted by Gasteiger charge is 2.30. The molecule has 0 heterocycles. The summed E-state index contributed by atoms with van der Waals surface area (Å²) in [6.45, 7) is -2.11. The van der Waals surface area contributed by atoms with E-state index in [9.17, 15) is 26.7 Å². The highest BCUT2D eigenvalue weighted by atomic mass is 35.5. The van der Waals surface area contributed by atoms with Gasteiger partial charge in [-0.2, -0.15) is 22.0 Å². The van der Waals surface area contributed by atoms with Crippen LogP contribution in [-0.2, 0) is 4.79 Å². The molecule has 0 saturated carbocycles. The minimum Gasteiger partial charge on any atom is -0.434 e. The predicted octanol–water partition coefficient (Wildman–Crippen LogP) is 4.77. The SMILES string of the molecule is CC(=O)C(Cl)c1ccc(SC(F)(F)F)cc1OC(F)F. The second-order valence-corrected chi connectivity index (χ2v) is 5.17. The number of alkyl halides is 6. The van der Waals surface area contributed by atoms with Crippen LogP contribution >= 0.6 is 23.4 Å². The number of hydrogen-bond acceptors (Lipinski definition) is 3. The third kappa shape index (κ3) is 5.16. The number of halogens is 6. The molecule has 1 aromatic carbocycles. The van der Waals surface area contributed by atoms with E-state index in [2.05, 4.69) is 4.74 Å². The van der Waals surface area contributed by atoms with Crippen LogP contribution in [0.15, 0.2) is 23.1 Å². The molecule has 0 radical (unpaired) electrons. The fraction of sp³-hybridized carbons (Fsp3) is 0.364. The first-order valence-corrected chi connectivity index (χ1v) is 6.34. The highest BCUT2D eigenvalue weighted by Crippen LogP contribution is 2.41. The summed E-state index contributed by atoms with van der Waals surface area (Å²) in [7, 11) is 0. The van der Waals surface area contributed by atoms with Gasteiger partial charge in [-0.3, -0.25) is 4.79 Å². The van der Waals surface area contributed by atoms with Crippen LogP contribution in [0.3, 0.4) is 0 Å². The molecule has 0 aliphatic rings. The summed E-state index contributed by atoms with van der Waals surface area (Å²) in [5.41, 5.74) is -4.67. The van der Waals surface area contributed by atoms with Crippen molar-refractivity contribution >= 4 is 29.1 Å². The lowest BCUT2D eigenvalue weighted by atomic mass is 10.1. The van der Waals surface area contributed by atoms with Crippen LogP contribution in [0, 0.1) is 0 Å². The standard InChI is InChI=1S/C11H8ClF5O2S/c1-5(18)9(12)7-3-2-6(20-11(15,16)17)4-8(7)19-10(13)14/h2-4,9-10H,1H3. The van der Waals surface area contributed by atoms with Crippen LogP contribution in [0.4, 0.5) is 22.0 Å². The van der Waals surface area contributed by atoms with Crippen molar-refractivity contribution < 1.29 is 31.5 Å². The van der Waals surface area contributed by atoms with Crippen molar-refractivity contribution in [2.45, 2.75) is 29.3 Å². The maximum Gasteiger partial charge on any atom is 0.446 e. The van der Waals surface area contributed by atoms with E-state index in [1.165, 1.54) is 0 Å². The van der Waals surface area contributed by atoms with Crippen molar-refractivity contribution in [1.29, 1.82) is 0 Å². The smallest absolute Gasteiger partial charge is 0.434 e. The average molecular weight is 335 g/mol. The molecule has 1 aromatic rings. The monoisotopic (exact) mass is 334 g/mol. The first-order chi connectivity index (χ1) is 9.10. The zero-order chi connectivity index (χ0) is 15.5. The van der Waals surface area contributed by atoms with E-state index in [1.54, 1.807) is 0 Å². The summed E-state index contributed by atoms with van der Waals surface area (Å²) in [5, 5.41) is -1.27. The minimum absolute atomic E-state index is 0.106. The van der Waals surface area contributed by atoms with Crippen LogP contribution in [0.5, 0.6) is 5.75 Å². The highest BCUT2D eigenvalue weighted by molar-refractivity contribution is 8.00. The van der Waals surface area contributed by atoms with Crippen molar-refractivity contribution in [1.82, 2.24) is 0 Å². The van der Waals surface area contributed by atoms with E-state index >= 15 is 0 Å². The Balaban J connectivity index is 3.16. The van der Waals surface area contributed by atoms with Crippen LogP contribution in [0.2, 0.25) is 0 Å². The Hall–Kier alpha value is -1.02. The van der Waals surface area contributed by atoms with E-state index in [0.29, 0.717) is 0 Å². The van der Waals surface area contributed by atoms with Crippen LogP contribution in [0.25, 0.3) is 0 Å². The fourth-order valence-electron chi connectivity index (χ4n) is 1.34. The van der Waals surface area contributed by atoms with Crippen LogP contribution in [0.1, 0.15) is 17.9 Å². The third-order valence-electron chi connectivity index (χ3n) is 2.06. The minimum atomic E-state index is -4.56. The molecule has 0 bridgehead atoms. The van der Waals surface area contributed by atoms with E-state index in [0.717, 1.165) is 25.1 Å². The fourth-order valence-corrected chi connectivity index (χ4v) is 2.09. The first kappa shape index (κ1) is 17.0. The van der Waals surface area contributed by atoms with Crippen molar-refractivity contribution in [3.8, 4) is 5.75 Å². The topological polar surface area (TPSA) is 26.3 Å². The van der Waals surface area contributed by atoms with Gasteiger partial charge in [-0.15, -0.1) is 11.6 Å². The third-order valence-corrected chi connectivity index (χ3v) is 3.33. The van der Waals surface area contributed by atoms with Gasteiger partial charge in [0.2, 0.25) is 0 Å². The second-order valence-electron chi connectivity index (χ2n) is 3.60. The van der Waals surface area contributed by atoms with Crippen LogP contribution in [-0.4, -0.2) is 17.9 Å². The molecule has 9 heteroatoms. The van der Waals surface area contributed by atoms with Gasteiger partial charge in [-0.1, -0.05) is 6.07 Å². The summed E-state index contributed by atoms with van der Waals surface area (Å²) >= 11 is 5.23. The Labute approximate surface area is 120 Å². The second kappa shape index (κ2) is 6.62. The van der Waals surface area contributed by atoms with E-state index in [1.807, 2.05) is 0 Å². The molecular weight excluding hydrogens is 327 g/mol. The van der Waals surface area contributed by atoms with Crippen molar-refractivity contribution in [3.05, 3.63) is 23.8 Å². The molecular formula is C11H8ClF5O2S. The Bertz CT molecular complexity index is 492. The maximum absolute atomic E-state index is 12.3. The van der Waals surface area contributed by atoms with Gasteiger partial charge in [0.05, 0.1) is 0 Å². The summed E-state index contributed by atoms with van der Waals surface area (Å²) in [6, 6.07) is 2.87. The molecule has 0 aliphatic carbocycles. The van der Waals surface area contributed by atoms with Gasteiger partial charge in [0.1, 0.15) is 11.1 Å². The Morgan fingerprint density at radius 2 is 1.95 bits per heavy atom. The molecule has 0 aliphatic heterocycles. The number of Topliss-reactive ketones (excluding diaryl/α,β-unsaturated/α-hetero) is 1. The Morgan fingerprint density at radius 1 is 1.35 bits per heavy atom. The molecule has 0 amide bonds. The largest absolute Gasteiger partial charge is 0.446 e. The lowest BCUT2D eigenvalue weighted by Gasteiger charge is -2.15. The number of ether oxygens (including phenoxy) is 1. The molecule has 1 rings (SSSR count). The number of carbonyl (C=O) groups excluding carboxylic acids is 1. The normalized spacial score (nSPS) is 13.4. The van der Waals surface area contributed by atoms with Gasteiger partial charge < -0.3 is 4.74 Å². The van der Waals surface area contributed by atoms with Gasteiger partial charge in [-0.25, -0.2) is 0 Å². The van der Waals surface area contributed by atoms with Crippen molar-refractivity contribution in [2.24, 2.45) is 0 Å². The summed E-state index contributed by atoms with van der Waals surface area (Å²) in [4.78, 5) is 10.8. The number of benzene rings is 1. The number of carbonyl (C=O) groups is 1. The Kier molecular flexibility index (Phi) is 5.64. The van der Waals surface area contributed by atoms with Gasteiger partial charge in [0.15, 0.2) is 5.78 Å². The van der Waals surface area contributed by atoms with Gasteiger partial charge in [0.25, 0.3) is 0 Å². The molecule has 0 aromatic heterocycles. The molecule has 0 saturated heterocycles. The van der Waals surface area contributed by atoms with Crippen LogP contribution < -0.4 is 4.74 Å². The zero-order valence-electron chi connectivity index (χ0n) is 9.88. The van der Waals surface area contributed by atoms with Crippen molar-refractivity contribution in [3.63, 3.8) is 0 Å². The maximum atomic E-state index is 12.3. The average Bonchev–Trinajstić information content (AvgIpc) is 2.25. The van der Waals surface area contributed by atoms with Crippen molar-refractivity contribution in [2.75, 3.05) is 0 Å². The number of hydrogen-bond donors (Lipinski definition) is 0. The molecule has 0 fully saturated rings. The van der Waals surface area contributed by atoms with Gasteiger partial charge in [-0.05, 0) is 30.8 Å². The number of thioether (sulfide) groups is 1. The Morgan fingerprint density at radius 3 is 2.40 bits per heavy atom. The molecule has 112 valence electrons. The van der Waals surface area contributed by atoms with E-state index in [4.69, 9.17) is 11.6 Å². The summed E-state index contributed by atoms with van der Waals surface area (Å²) in [5.74, 6) is -1.09. The van der Waals surface area contributed by atoms with Gasteiger partial charge >= 0.3 is 12.1 Å². The molecule has 1 atom stereocenters. The molecule has 2 nitrogen and oxygen atoms in total. The van der Waals surface area contributed by atoms with E-state index in [-0.39, 0.29) is 10.5 Å². The lowest BCUT2D eigenvalue weighted by molar-refractivity contribution is -0.116. The summed E-state index contributed by atoms with van der Waals surface area (Å²) in [6.07, 6.45) is 0. The summed E-state index contributed by atoms with van der Waals surface area (Å²) < 4.78 is 65.3. The lowest BCUT2D eigenvalue weighted by Crippen LogP contribution is -2.09. The molecule has 0 N–H and O–H groups in total. The molecule has 1 unspecified atom stereocenters. The first-order valence-electron chi connectivity index (χ1n) is 5.09.